The number of sulfonamides is 1. The van der Waals surface area contributed by atoms with Crippen molar-refractivity contribution in [3.63, 3.8) is 0 Å². The molecule has 2 N–H and O–H groups in total. The van der Waals surface area contributed by atoms with Gasteiger partial charge in [-0.25, -0.2) is 13.6 Å². The van der Waals surface area contributed by atoms with E-state index in [-0.39, 0.29) is 32.0 Å². The van der Waals surface area contributed by atoms with Crippen molar-refractivity contribution in [2.45, 2.75) is 4.90 Å². The Morgan fingerprint density at radius 3 is 1.72 bits per heavy atom. The first-order chi connectivity index (χ1) is 11.6. The van der Waals surface area contributed by atoms with Crippen molar-refractivity contribution >= 4 is 27.1 Å². The summed E-state index contributed by atoms with van der Waals surface area (Å²) in [5.41, 5.74) is -1.83. The van der Waals surface area contributed by atoms with Crippen LogP contribution < -0.4 is 10.0 Å². The van der Waals surface area contributed by atoms with Gasteiger partial charge in [0, 0.05) is 39.4 Å². The molecule has 12 nitrogen and oxygen atoms in total. The van der Waals surface area contributed by atoms with Gasteiger partial charge in [-0.15, -0.1) is 0 Å². The Morgan fingerprint density at radius 2 is 1.44 bits per heavy atom. The highest BCUT2D eigenvalue weighted by Crippen LogP contribution is 2.39. The van der Waals surface area contributed by atoms with Gasteiger partial charge < -0.3 is 14.4 Å². The number of benzene rings is 1. The summed E-state index contributed by atoms with van der Waals surface area (Å²) >= 11 is 0. The average Bonchev–Trinajstić information content (AvgIpc) is 2.53. The van der Waals surface area contributed by atoms with E-state index >= 15 is 0 Å². The predicted molar refractivity (Wildman–Crippen MR) is 87.1 cm³/mol. The molecule has 0 aliphatic carbocycles. The fourth-order valence-corrected chi connectivity index (χ4v) is 2.64. The number of rotatable bonds is 10. The van der Waals surface area contributed by atoms with Crippen molar-refractivity contribution in [1.82, 2.24) is 0 Å². The lowest BCUT2D eigenvalue weighted by Crippen LogP contribution is -2.32. The molecule has 0 saturated carbocycles. The van der Waals surface area contributed by atoms with E-state index in [4.69, 9.17) is 14.6 Å². The van der Waals surface area contributed by atoms with E-state index in [2.05, 4.69) is 0 Å². The number of anilines is 1. The summed E-state index contributed by atoms with van der Waals surface area (Å²) in [5, 5.41) is 27.7. The van der Waals surface area contributed by atoms with Crippen LogP contribution in [0.4, 0.5) is 17.1 Å². The van der Waals surface area contributed by atoms with E-state index in [1.807, 2.05) is 0 Å². The molecule has 140 valence electrons. The number of nitro groups is 2. The second kappa shape index (κ2) is 8.66. The Balaban J connectivity index is 3.67. The summed E-state index contributed by atoms with van der Waals surface area (Å²) in [6.07, 6.45) is 0. The van der Waals surface area contributed by atoms with E-state index in [0.717, 1.165) is 0 Å². The molecule has 0 radical (unpaired) electrons. The molecule has 0 spiro atoms. The molecule has 1 aromatic carbocycles. The Hall–Kier alpha value is -2.35. The molecular weight excluding hydrogens is 360 g/mol. The van der Waals surface area contributed by atoms with E-state index in [9.17, 15) is 28.6 Å². The Morgan fingerprint density at radius 1 is 1.04 bits per heavy atom. The highest BCUT2D eigenvalue weighted by molar-refractivity contribution is 7.89. The fourth-order valence-electron chi connectivity index (χ4n) is 2.08. The molecule has 0 saturated heterocycles. The summed E-state index contributed by atoms with van der Waals surface area (Å²) in [7, 11) is -1.56. The van der Waals surface area contributed by atoms with Gasteiger partial charge in [-0.05, 0) is 0 Å². The molecular formula is C12H18N4O8S. The quantitative estimate of drug-likeness (QED) is 0.443. The molecule has 0 aromatic heterocycles. The van der Waals surface area contributed by atoms with Crippen LogP contribution >= 0.6 is 0 Å². The Labute approximate surface area is 143 Å². The smallest absolute Gasteiger partial charge is 0.301 e. The lowest BCUT2D eigenvalue weighted by molar-refractivity contribution is -0.393. The third-order valence-corrected chi connectivity index (χ3v) is 4.10. The van der Waals surface area contributed by atoms with Crippen LogP contribution in [-0.4, -0.2) is 58.8 Å². The largest absolute Gasteiger partial charge is 0.383 e. The zero-order valence-electron chi connectivity index (χ0n) is 13.6. The number of hydrogen-bond acceptors (Lipinski definition) is 9. The number of nitro benzene ring substituents is 2. The average molecular weight is 378 g/mol. The summed E-state index contributed by atoms with van der Waals surface area (Å²) < 4.78 is 32.8. The van der Waals surface area contributed by atoms with Gasteiger partial charge in [0.25, 0.3) is 0 Å². The lowest BCUT2D eigenvalue weighted by Gasteiger charge is -2.23. The van der Waals surface area contributed by atoms with Crippen LogP contribution in [0.2, 0.25) is 0 Å². The van der Waals surface area contributed by atoms with E-state index in [1.54, 1.807) is 0 Å². The van der Waals surface area contributed by atoms with Gasteiger partial charge >= 0.3 is 11.4 Å². The van der Waals surface area contributed by atoms with Gasteiger partial charge in [-0.1, -0.05) is 0 Å². The predicted octanol–water partition coefficient (Wildman–Crippen LogP) is 0.250. The maximum absolute atomic E-state index is 11.5. The Kier molecular flexibility index (Phi) is 7.17. The number of nitrogens with two attached hydrogens (primary N) is 1. The normalized spacial score (nSPS) is 11.3. The first-order valence-electron chi connectivity index (χ1n) is 6.86. The highest BCUT2D eigenvalue weighted by atomic mass is 32.2. The van der Waals surface area contributed by atoms with Crippen LogP contribution in [0, 0.1) is 20.2 Å². The minimum atomic E-state index is -4.37. The maximum atomic E-state index is 11.5. The van der Waals surface area contributed by atoms with Crippen molar-refractivity contribution in [2.75, 3.05) is 45.4 Å². The standard InChI is InChI=1S/C12H18N4O8S/c1-23-5-3-14(4-6-24-2)12-10(15(17)18)7-9(25(13,21)22)8-11(12)16(19)20/h7-8H,3-6H2,1-2H3,(H2,13,21,22). The number of primary sulfonamides is 1. The fraction of sp³-hybridized carbons (Fsp3) is 0.500. The van der Waals surface area contributed by atoms with Crippen LogP contribution in [0.25, 0.3) is 0 Å². The van der Waals surface area contributed by atoms with Crippen LogP contribution in [-0.2, 0) is 19.5 Å². The van der Waals surface area contributed by atoms with E-state index in [0.29, 0.717) is 12.1 Å². The monoisotopic (exact) mass is 378 g/mol. The first-order valence-corrected chi connectivity index (χ1v) is 8.40. The molecule has 0 aliphatic heterocycles. The van der Waals surface area contributed by atoms with E-state index < -0.39 is 36.1 Å². The van der Waals surface area contributed by atoms with Crippen molar-refractivity contribution in [1.29, 1.82) is 0 Å². The third-order valence-electron chi connectivity index (χ3n) is 3.21. The van der Waals surface area contributed by atoms with Gasteiger partial charge in [0.2, 0.25) is 10.0 Å². The second-order valence-electron chi connectivity index (χ2n) is 4.84. The lowest BCUT2D eigenvalue weighted by atomic mass is 10.2. The van der Waals surface area contributed by atoms with Crippen LogP contribution in [0.3, 0.4) is 0 Å². The number of methoxy groups -OCH3 is 2. The molecule has 0 atom stereocenters. The molecule has 0 amide bonds. The SMILES string of the molecule is COCCN(CCOC)c1c([N+](=O)[O-])cc(S(N)(=O)=O)cc1[N+](=O)[O-]. The zero-order chi connectivity index (χ0) is 19.2. The molecule has 0 bridgehead atoms. The third kappa shape index (κ3) is 5.32. The molecule has 0 fully saturated rings. The highest BCUT2D eigenvalue weighted by Gasteiger charge is 2.33. The molecule has 13 heteroatoms. The first kappa shape index (κ1) is 20.7. The molecule has 25 heavy (non-hydrogen) atoms. The summed E-state index contributed by atoms with van der Waals surface area (Å²) in [6.45, 7) is 0.455. The topological polar surface area (TPSA) is 168 Å². The molecule has 0 aliphatic rings. The van der Waals surface area contributed by atoms with E-state index in [1.165, 1.54) is 19.1 Å². The van der Waals surface area contributed by atoms with Crippen LogP contribution in [0.15, 0.2) is 17.0 Å². The maximum Gasteiger partial charge on any atom is 0.301 e. The van der Waals surface area contributed by atoms with Crippen molar-refractivity contribution in [2.24, 2.45) is 5.14 Å². The van der Waals surface area contributed by atoms with Crippen LogP contribution in [0.1, 0.15) is 0 Å². The molecule has 0 unspecified atom stereocenters. The minimum Gasteiger partial charge on any atom is -0.383 e. The van der Waals surface area contributed by atoms with Gasteiger partial charge in [-0.3, -0.25) is 20.2 Å². The number of nitrogens with zero attached hydrogens (tertiary/aromatic N) is 3. The second-order valence-corrected chi connectivity index (χ2v) is 6.40. The number of ether oxygens (including phenoxy) is 2. The summed E-state index contributed by atoms with van der Waals surface area (Å²) in [5.74, 6) is 0. The zero-order valence-corrected chi connectivity index (χ0v) is 14.4. The minimum absolute atomic E-state index is 0.0935. The molecule has 1 aromatic rings. The van der Waals surface area contributed by atoms with Gasteiger partial charge in [0.15, 0.2) is 5.69 Å². The van der Waals surface area contributed by atoms with Crippen LogP contribution in [0.5, 0.6) is 0 Å². The molecule has 0 heterocycles. The Bertz CT molecular complexity index is 708. The molecule has 1 rings (SSSR count). The van der Waals surface area contributed by atoms with Crippen molar-refractivity contribution in [3.8, 4) is 0 Å². The van der Waals surface area contributed by atoms with Gasteiger partial charge in [0.05, 0.1) is 28.0 Å². The van der Waals surface area contributed by atoms with Crippen molar-refractivity contribution < 1.29 is 27.7 Å². The number of hydrogen-bond donors (Lipinski definition) is 1. The summed E-state index contributed by atoms with van der Waals surface area (Å²) in [6, 6.07) is 1.40. The summed E-state index contributed by atoms with van der Waals surface area (Å²) in [4.78, 5) is 21.6. The van der Waals surface area contributed by atoms with Gasteiger partial charge in [0.1, 0.15) is 0 Å². The van der Waals surface area contributed by atoms with Crippen molar-refractivity contribution in [3.05, 3.63) is 32.4 Å². The van der Waals surface area contributed by atoms with Gasteiger partial charge in [-0.2, -0.15) is 0 Å².